The summed E-state index contributed by atoms with van der Waals surface area (Å²) in [5.41, 5.74) is 2.99. The molecule has 196 valence electrons. The molecule has 1 aromatic carbocycles. The predicted molar refractivity (Wildman–Crippen MR) is 157 cm³/mol. The van der Waals surface area contributed by atoms with Gasteiger partial charge in [0, 0.05) is 24.5 Å². The minimum Gasteiger partial charge on any atom is -0.352 e. The number of rotatable bonds is 7. The van der Waals surface area contributed by atoms with Gasteiger partial charge in [0.2, 0.25) is 0 Å². The summed E-state index contributed by atoms with van der Waals surface area (Å²) in [6.45, 7) is 2.27. The summed E-state index contributed by atoms with van der Waals surface area (Å²) >= 11 is 3.06. The number of pyridine rings is 1. The Morgan fingerprint density at radius 1 is 1.00 bits per heavy atom. The summed E-state index contributed by atoms with van der Waals surface area (Å²) in [4.78, 5) is 34.9. The highest BCUT2D eigenvalue weighted by Crippen LogP contribution is 2.34. The van der Waals surface area contributed by atoms with E-state index in [4.69, 9.17) is 0 Å². The first-order valence-electron chi connectivity index (χ1n) is 12.7. The number of hydrogen-bond acceptors (Lipinski definition) is 5. The van der Waals surface area contributed by atoms with Crippen molar-refractivity contribution in [2.24, 2.45) is 5.92 Å². The van der Waals surface area contributed by atoms with E-state index in [9.17, 15) is 9.59 Å². The lowest BCUT2D eigenvalue weighted by Gasteiger charge is -2.31. The van der Waals surface area contributed by atoms with Gasteiger partial charge in [-0.05, 0) is 67.5 Å². The molecule has 1 saturated heterocycles. The molecule has 0 unspecified atom stereocenters. The number of hydrogen-bond donors (Lipinski definition) is 1. The van der Waals surface area contributed by atoms with E-state index in [-0.39, 0.29) is 24.2 Å². The molecule has 4 aromatic rings. The number of carbonyl (C=O) groups excluding carboxylic acids is 2. The standard InChI is InChI=1S/C29H28N4O2S2.ClH/c34-28(25-18-22-19-31-26-9-4-10-27(37-25)33(22)26)30-15-5-6-20-13-16-32(17-14-20)29(35)24-12-11-23(36-24)21-7-2-1-3-8-21;/h1-4,7-12,18-20H,5-6,13-17H2,(H,30,34);1H. The van der Waals surface area contributed by atoms with Crippen LogP contribution in [0.15, 0.2) is 76.8 Å². The molecule has 5 heterocycles. The van der Waals surface area contributed by atoms with Crippen LogP contribution in [-0.4, -0.2) is 45.7 Å². The van der Waals surface area contributed by atoms with Gasteiger partial charge in [0.05, 0.1) is 26.7 Å². The number of aromatic nitrogens is 2. The second kappa shape index (κ2) is 11.8. The van der Waals surface area contributed by atoms with Gasteiger partial charge in [-0.15, -0.1) is 23.7 Å². The van der Waals surface area contributed by atoms with Gasteiger partial charge in [0.25, 0.3) is 11.8 Å². The monoisotopic (exact) mass is 564 g/mol. The summed E-state index contributed by atoms with van der Waals surface area (Å²) in [6, 6.07) is 20.2. The molecule has 0 saturated carbocycles. The summed E-state index contributed by atoms with van der Waals surface area (Å²) in [5, 5.41) is 4.10. The fourth-order valence-corrected chi connectivity index (χ4v) is 7.06. The molecule has 6 rings (SSSR count). The molecule has 2 amide bonds. The number of thiophene rings is 1. The van der Waals surface area contributed by atoms with Crippen molar-refractivity contribution < 1.29 is 9.59 Å². The summed E-state index contributed by atoms with van der Waals surface area (Å²) in [6.07, 6.45) is 7.77. The third-order valence-electron chi connectivity index (χ3n) is 7.09. The van der Waals surface area contributed by atoms with Crippen molar-refractivity contribution in [3.63, 3.8) is 0 Å². The second-order valence-corrected chi connectivity index (χ2v) is 11.7. The molecular formula is C29H29ClN4O2S2. The zero-order valence-electron chi connectivity index (χ0n) is 20.8. The number of amides is 2. The van der Waals surface area contributed by atoms with E-state index >= 15 is 0 Å². The minimum atomic E-state index is -0.0271. The van der Waals surface area contributed by atoms with Crippen molar-refractivity contribution in [1.82, 2.24) is 19.6 Å². The first-order valence-corrected chi connectivity index (χ1v) is 14.4. The molecule has 0 radical (unpaired) electrons. The van der Waals surface area contributed by atoms with E-state index in [0.717, 1.165) is 70.5 Å². The highest BCUT2D eigenvalue weighted by atomic mass is 35.5. The van der Waals surface area contributed by atoms with Crippen molar-refractivity contribution in [3.05, 3.63) is 82.3 Å². The van der Waals surface area contributed by atoms with Gasteiger partial charge in [-0.25, -0.2) is 4.98 Å². The Morgan fingerprint density at radius 2 is 1.82 bits per heavy atom. The molecule has 2 aliphatic rings. The zero-order chi connectivity index (χ0) is 25.2. The Bertz CT molecular complexity index is 1470. The highest BCUT2D eigenvalue weighted by molar-refractivity contribution is 8.04. The maximum atomic E-state index is 13.0. The second-order valence-electron chi connectivity index (χ2n) is 9.51. The molecular weight excluding hydrogens is 536 g/mol. The Morgan fingerprint density at radius 3 is 2.63 bits per heavy atom. The van der Waals surface area contributed by atoms with E-state index in [1.165, 1.54) is 11.8 Å². The number of imidazole rings is 1. The van der Waals surface area contributed by atoms with E-state index < -0.39 is 0 Å². The van der Waals surface area contributed by atoms with Gasteiger partial charge in [-0.3, -0.25) is 14.0 Å². The molecule has 9 heteroatoms. The molecule has 6 nitrogen and oxygen atoms in total. The maximum absolute atomic E-state index is 13.0. The lowest BCUT2D eigenvalue weighted by Crippen LogP contribution is -2.38. The molecule has 0 atom stereocenters. The molecule has 38 heavy (non-hydrogen) atoms. The smallest absolute Gasteiger partial charge is 0.263 e. The van der Waals surface area contributed by atoms with E-state index in [0.29, 0.717) is 17.4 Å². The van der Waals surface area contributed by atoms with Crippen LogP contribution in [0.5, 0.6) is 0 Å². The van der Waals surface area contributed by atoms with Crippen LogP contribution in [0.2, 0.25) is 0 Å². The summed E-state index contributed by atoms with van der Waals surface area (Å²) in [5.74, 6) is 0.716. The van der Waals surface area contributed by atoms with E-state index in [2.05, 4.69) is 26.8 Å². The van der Waals surface area contributed by atoms with Crippen LogP contribution in [0.25, 0.3) is 22.2 Å². The SMILES string of the molecule is Cl.O=C(NCCCC1CCN(C(=O)c2ccc(-c3ccccc3)s2)CC1)C1=Cc2cnc3cccc(n23)S1. The zero-order valence-corrected chi connectivity index (χ0v) is 23.3. The number of nitrogens with zero attached hydrogens (tertiary/aromatic N) is 3. The predicted octanol–water partition coefficient (Wildman–Crippen LogP) is 6.38. The third kappa shape index (κ3) is 5.53. The fraction of sp³-hybridized carbons (Fsp3) is 0.276. The van der Waals surface area contributed by atoms with Gasteiger partial charge in [-0.2, -0.15) is 0 Å². The Hall–Kier alpha value is -3.07. The topological polar surface area (TPSA) is 66.7 Å². The first-order chi connectivity index (χ1) is 18.2. The molecule has 0 aliphatic carbocycles. The fourth-order valence-electron chi connectivity index (χ4n) is 5.07. The number of benzene rings is 1. The molecule has 1 fully saturated rings. The highest BCUT2D eigenvalue weighted by Gasteiger charge is 2.25. The van der Waals surface area contributed by atoms with Crippen LogP contribution < -0.4 is 5.32 Å². The third-order valence-corrected chi connectivity index (χ3v) is 9.26. The minimum absolute atomic E-state index is 0. The molecule has 0 spiro atoms. The number of piperidine rings is 1. The Balaban J connectivity index is 0.00000294. The molecule has 2 aliphatic heterocycles. The average Bonchev–Trinajstić information content (AvgIpc) is 3.60. The largest absolute Gasteiger partial charge is 0.352 e. The van der Waals surface area contributed by atoms with Crippen LogP contribution in [0, 0.1) is 5.92 Å². The number of carbonyl (C=O) groups is 2. The molecule has 3 aromatic heterocycles. The van der Waals surface area contributed by atoms with Crippen molar-refractivity contribution in [2.45, 2.75) is 30.7 Å². The van der Waals surface area contributed by atoms with Crippen molar-refractivity contribution in [1.29, 1.82) is 0 Å². The number of likely N-dealkylation sites (tertiary alicyclic amines) is 1. The maximum Gasteiger partial charge on any atom is 0.263 e. The van der Waals surface area contributed by atoms with Crippen LogP contribution in [-0.2, 0) is 4.79 Å². The van der Waals surface area contributed by atoms with Crippen molar-refractivity contribution in [2.75, 3.05) is 19.6 Å². The average molecular weight is 565 g/mol. The lowest BCUT2D eigenvalue weighted by molar-refractivity contribution is -0.116. The van der Waals surface area contributed by atoms with Crippen LogP contribution in [0.3, 0.4) is 0 Å². The quantitative estimate of drug-likeness (QED) is 0.264. The van der Waals surface area contributed by atoms with Gasteiger partial charge < -0.3 is 10.2 Å². The molecule has 0 bridgehead atoms. The number of halogens is 1. The lowest BCUT2D eigenvalue weighted by atomic mass is 9.92. The van der Waals surface area contributed by atoms with Crippen molar-refractivity contribution >= 4 is 59.0 Å². The van der Waals surface area contributed by atoms with Gasteiger partial charge in [0.1, 0.15) is 5.65 Å². The number of nitrogens with one attached hydrogen (secondary N) is 1. The van der Waals surface area contributed by atoms with Crippen molar-refractivity contribution in [3.8, 4) is 10.4 Å². The van der Waals surface area contributed by atoms with Crippen LogP contribution in [0.1, 0.15) is 41.0 Å². The first kappa shape index (κ1) is 26.5. The summed E-state index contributed by atoms with van der Waals surface area (Å²) in [7, 11) is 0. The van der Waals surface area contributed by atoms with Gasteiger partial charge >= 0.3 is 0 Å². The van der Waals surface area contributed by atoms with Crippen LogP contribution in [0.4, 0.5) is 0 Å². The van der Waals surface area contributed by atoms with E-state index in [1.807, 2.05) is 65.7 Å². The Labute approximate surface area is 236 Å². The van der Waals surface area contributed by atoms with Gasteiger partial charge in [-0.1, -0.05) is 48.2 Å². The van der Waals surface area contributed by atoms with E-state index in [1.54, 1.807) is 11.3 Å². The molecule has 1 N–H and O–H groups in total. The normalized spacial score (nSPS) is 15.2. The number of thioether (sulfide) groups is 1. The summed E-state index contributed by atoms with van der Waals surface area (Å²) < 4.78 is 2.07. The van der Waals surface area contributed by atoms with Crippen LogP contribution >= 0.6 is 35.5 Å². The Kier molecular flexibility index (Phi) is 8.21. The van der Waals surface area contributed by atoms with Gasteiger partial charge in [0.15, 0.2) is 0 Å².